The smallest absolute Gasteiger partial charge is 0.340 e. The minimum absolute atomic E-state index is 0.0262. The molecule has 0 amide bonds. The van der Waals surface area contributed by atoms with Gasteiger partial charge in [0.25, 0.3) is 0 Å². The van der Waals surface area contributed by atoms with Crippen LogP contribution >= 0.6 is 31.9 Å². The van der Waals surface area contributed by atoms with Crippen molar-refractivity contribution in [2.75, 3.05) is 0 Å². The van der Waals surface area contributed by atoms with Gasteiger partial charge in [-0.1, -0.05) is 33.8 Å². The molecule has 3 aromatic carbocycles. The van der Waals surface area contributed by atoms with Crippen molar-refractivity contribution < 1.29 is 29.6 Å². The lowest BCUT2D eigenvalue weighted by atomic mass is 9.71. The minimum atomic E-state index is -1.51. The van der Waals surface area contributed by atoms with E-state index in [2.05, 4.69) is 31.9 Å². The molecule has 1 aliphatic rings. The van der Waals surface area contributed by atoms with Crippen LogP contribution in [0.25, 0.3) is 0 Å². The van der Waals surface area contributed by atoms with Crippen molar-refractivity contribution in [1.82, 2.24) is 0 Å². The van der Waals surface area contributed by atoms with E-state index in [0.29, 0.717) is 62.4 Å². The molecule has 3 aromatic rings. The van der Waals surface area contributed by atoms with Gasteiger partial charge in [-0.25, -0.2) is 9.59 Å². The Morgan fingerprint density at radius 1 is 0.838 bits per heavy atom. The first-order valence-corrected chi connectivity index (χ1v) is 13.8. The van der Waals surface area contributed by atoms with Gasteiger partial charge in [-0.2, -0.15) is 0 Å². The molecule has 0 spiro atoms. The van der Waals surface area contributed by atoms with Crippen molar-refractivity contribution in [1.29, 1.82) is 0 Å². The molecule has 4 rings (SSSR count). The van der Waals surface area contributed by atoms with E-state index in [0.717, 1.165) is 11.1 Å². The Morgan fingerprint density at radius 2 is 1.32 bits per heavy atom. The summed E-state index contributed by atoms with van der Waals surface area (Å²) in [6, 6.07) is 8.09. The summed E-state index contributed by atoms with van der Waals surface area (Å²) in [7, 11) is 0. The number of benzene rings is 3. The van der Waals surface area contributed by atoms with Gasteiger partial charge < -0.3 is 20.1 Å². The molecule has 37 heavy (non-hydrogen) atoms. The Labute approximate surface area is 232 Å². The average Bonchev–Trinajstić information content (AvgIpc) is 3.18. The maximum absolute atomic E-state index is 13.5. The first-order valence-electron chi connectivity index (χ1n) is 12.3. The van der Waals surface area contributed by atoms with Crippen LogP contribution in [-0.4, -0.2) is 27.3 Å². The van der Waals surface area contributed by atoms with Crippen LogP contribution in [0, 0.1) is 0 Å². The van der Waals surface area contributed by atoms with Gasteiger partial charge in [0.1, 0.15) is 11.5 Å². The third kappa shape index (κ3) is 4.05. The summed E-state index contributed by atoms with van der Waals surface area (Å²) in [5, 5.41) is 32.0. The van der Waals surface area contributed by atoms with Crippen LogP contribution in [0.5, 0.6) is 11.5 Å². The number of rotatable bonds is 7. The normalized spacial score (nSPS) is 13.9. The Bertz CT molecular complexity index is 1380. The number of ether oxygens (including phenoxy) is 1. The highest BCUT2D eigenvalue weighted by molar-refractivity contribution is 9.10. The number of hydrogen-bond acceptors (Lipinski definition) is 5. The molecular formula is C29H28Br2O6. The van der Waals surface area contributed by atoms with Crippen LogP contribution in [0.4, 0.5) is 0 Å². The van der Waals surface area contributed by atoms with Crippen LogP contribution in [-0.2, 0) is 36.0 Å². The van der Waals surface area contributed by atoms with Crippen molar-refractivity contribution >= 4 is 43.8 Å². The summed E-state index contributed by atoms with van der Waals surface area (Å²) in [5.41, 5.74) is 3.32. The summed E-state index contributed by atoms with van der Waals surface area (Å²) in [6.45, 7) is 7.82. The molecule has 0 saturated heterocycles. The van der Waals surface area contributed by atoms with Gasteiger partial charge in [0.15, 0.2) is 5.60 Å². The number of esters is 1. The van der Waals surface area contributed by atoms with Gasteiger partial charge in [-0.15, -0.1) is 0 Å². The van der Waals surface area contributed by atoms with Crippen molar-refractivity contribution in [3.8, 4) is 11.5 Å². The number of carbonyl (C=O) groups excluding carboxylic acids is 1. The number of carboxylic acids is 1. The Hall–Kier alpha value is -2.84. The molecule has 1 heterocycles. The summed E-state index contributed by atoms with van der Waals surface area (Å²) in [6.07, 6.45) is 2.05. The lowest BCUT2D eigenvalue weighted by molar-refractivity contribution is 0.0240. The zero-order chi connectivity index (χ0) is 27.2. The van der Waals surface area contributed by atoms with Crippen LogP contribution in [0.2, 0.25) is 0 Å². The summed E-state index contributed by atoms with van der Waals surface area (Å²) in [4.78, 5) is 25.3. The van der Waals surface area contributed by atoms with Gasteiger partial charge >= 0.3 is 11.9 Å². The number of carboxylic acid groups (broad SMARTS) is 1. The maximum Gasteiger partial charge on any atom is 0.340 e. The second kappa shape index (κ2) is 10.1. The molecule has 0 aromatic heterocycles. The third-order valence-corrected chi connectivity index (χ3v) is 8.37. The van der Waals surface area contributed by atoms with E-state index in [1.165, 1.54) is 12.1 Å². The molecule has 6 nitrogen and oxygen atoms in total. The van der Waals surface area contributed by atoms with E-state index in [4.69, 9.17) is 4.74 Å². The van der Waals surface area contributed by atoms with Gasteiger partial charge in [0.05, 0.1) is 20.1 Å². The molecular weight excluding hydrogens is 604 g/mol. The van der Waals surface area contributed by atoms with Crippen molar-refractivity contribution in [3.05, 3.63) is 89.3 Å². The monoisotopic (exact) mass is 630 g/mol. The molecule has 3 N–H and O–H groups in total. The standard InChI is InChI=1S/C29H28Br2O6/c1-5-14-12-21(30)25(32)17(7-3)23(14)29(24-15(6-2)13-22(31)26(33)18(24)8-4)20-10-9-16(27(34)35)11-19(20)28(36)37-29/h9-13,32-33H,5-8H2,1-4H3,(H,34,35). The number of phenolic OH excluding ortho intramolecular Hbond substituents is 2. The van der Waals surface area contributed by atoms with Crippen LogP contribution in [0.1, 0.15) is 87.4 Å². The minimum Gasteiger partial charge on any atom is -0.506 e. The highest BCUT2D eigenvalue weighted by Gasteiger charge is 2.53. The lowest BCUT2D eigenvalue weighted by Gasteiger charge is -2.37. The molecule has 0 unspecified atom stereocenters. The quantitative estimate of drug-likeness (QED) is 0.242. The van der Waals surface area contributed by atoms with Crippen molar-refractivity contribution in [2.24, 2.45) is 0 Å². The predicted molar refractivity (Wildman–Crippen MR) is 148 cm³/mol. The SMILES string of the molecule is CCc1cc(Br)c(O)c(CC)c1C1(c2c(CC)cc(Br)c(O)c2CC)OC(=O)c2cc(C(=O)O)ccc21. The first-order chi connectivity index (χ1) is 17.6. The van der Waals surface area contributed by atoms with Gasteiger partial charge in [0, 0.05) is 27.8 Å². The molecule has 8 heteroatoms. The highest BCUT2D eigenvalue weighted by Crippen LogP contribution is 2.55. The largest absolute Gasteiger partial charge is 0.506 e. The zero-order valence-electron chi connectivity index (χ0n) is 21.0. The van der Waals surface area contributed by atoms with Crippen LogP contribution in [0.3, 0.4) is 0 Å². The molecule has 194 valence electrons. The van der Waals surface area contributed by atoms with Crippen molar-refractivity contribution in [2.45, 2.75) is 59.0 Å². The molecule has 0 fully saturated rings. The second-order valence-electron chi connectivity index (χ2n) is 8.99. The lowest BCUT2D eigenvalue weighted by Crippen LogP contribution is -2.35. The average molecular weight is 632 g/mol. The fraction of sp³-hybridized carbons (Fsp3) is 0.310. The number of fused-ring (bicyclic) bond motifs is 1. The summed E-state index contributed by atoms with van der Waals surface area (Å²) < 4.78 is 7.48. The Balaban J connectivity index is 2.31. The highest BCUT2D eigenvalue weighted by atomic mass is 79.9. The van der Waals surface area contributed by atoms with Gasteiger partial charge in [-0.3, -0.25) is 0 Å². The molecule has 0 atom stereocenters. The van der Waals surface area contributed by atoms with Gasteiger partial charge in [-0.05, 0) is 92.9 Å². The van der Waals surface area contributed by atoms with Crippen LogP contribution in [0.15, 0.2) is 39.3 Å². The van der Waals surface area contributed by atoms with Gasteiger partial charge in [0.2, 0.25) is 0 Å². The van der Waals surface area contributed by atoms with E-state index in [1.54, 1.807) is 6.07 Å². The van der Waals surface area contributed by atoms with E-state index >= 15 is 0 Å². The van der Waals surface area contributed by atoms with E-state index in [-0.39, 0.29) is 22.6 Å². The molecule has 0 saturated carbocycles. The number of halogens is 2. The summed E-state index contributed by atoms with van der Waals surface area (Å²) in [5.74, 6) is -1.70. The molecule has 0 radical (unpaired) electrons. The van der Waals surface area contributed by atoms with Crippen LogP contribution < -0.4 is 0 Å². The number of hydrogen-bond donors (Lipinski definition) is 3. The Morgan fingerprint density at radius 3 is 1.73 bits per heavy atom. The Kier molecular flexibility index (Phi) is 7.45. The zero-order valence-corrected chi connectivity index (χ0v) is 24.2. The third-order valence-electron chi connectivity index (χ3n) is 7.16. The summed E-state index contributed by atoms with van der Waals surface area (Å²) >= 11 is 6.94. The first kappa shape index (κ1) is 27.2. The topological polar surface area (TPSA) is 104 Å². The fourth-order valence-electron chi connectivity index (χ4n) is 5.52. The molecule has 0 aliphatic carbocycles. The predicted octanol–water partition coefficient (Wildman–Crippen LogP) is 7.03. The molecule has 1 aliphatic heterocycles. The van der Waals surface area contributed by atoms with E-state index in [1.807, 2.05) is 39.8 Å². The number of carbonyl (C=O) groups is 2. The number of cyclic esters (lactones) is 1. The number of aromatic hydroxyl groups is 2. The number of phenols is 2. The number of aromatic carboxylic acids is 1. The molecule has 0 bridgehead atoms. The van der Waals surface area contributed by atoms with E-state index < -0.39 is 17.5 Å². The number of aryl methyl sites for hydroxylation is 2. The van der Waals surface area contributed by atoms with Crippen molar-refractivity contribution in [3.63, 3.8) is 0 Å². The van der Waals surface area contributed by atoms with E-state index in [9.17, 15) is 24.9 Å². The maximum atomic E-state index is 13.5. The second-order valence-corrected chi connectivity index (χ2v) is 10.7. The fourth-order valence-corrected chi connectivity index (χ4v) is 6.55.